The van der Waals surface area contributed by atoms with Gasteiger partial charge in [-0.1, -0.05) is 17.7 Å². The molecule has 0 spiro atoms. The molecule has 10 nitrogen and oxygen atoms in total. The van der Waals surface area contributed by atoms with Gasteiger partial charge in [0.25, 0.3) is 0 Å². The first-order chi connectivity index (χ1) is 17.7. The SMILES string of the molecule is Cc1nc2ccc(-c3c[nH]c4nc(Nc5c(Cl)n[nH]c5CC(C)(C)O)nc(OC5CCCC5)c34)cc2o1. The number of hydrogen-bond acceptors (Lipinski definition) is 8. The van der Waals surface area contributed by atoms with Crippen molar-refractivity contribution in [1.29, 1.82) is 0 Å². The lowest BCUT2D eigenvalue weighted by Gasteiger charge is -2.17. The van der Waals surface area contributed by atoms with Gasteiger partial charge in [0.2, 0.25) is 11.8 Å². The van der Waals surface area contributed by atoms with Gasteiger partial charge in [0.05, 0.1) is 16.7 Å². The highest BCUT2D eigenvalue weighted by Crippen LogP contribution is 2.38. The second kappa shape index (κ2) is 9.04. The number of nitrogens with one attached hydrogen (secondary N) is 3. The molecule has 6 rings (SSSR count). The molecule has 1 aliphatic rings. The third kappa shape index (κ3) is 4.74. The van der Waals surface area contributed by atoms with Crippen molar-refractivity contribution in [3.63, 3.8) is 0 Å². The highest BCUT2D eigenvalue weighted by molar-refractivity contribution is 6.32. The normalized spacial score (nSPS) is 14.7. The molecule has 1 saturated carbocycles. The molecule has 1 aromatic carbocycles. The Labute approximate surface area is 217 Å². The number of hydrogen-bond donors (Lipinski definition) is 4. The van der Waals surface area contributed by atoms with E-state index in [2.05, 4.69) is 25.5 Å². The molecule has 0 unspecified atom stereocenters. The fourth-order valence-electron chi connectivity index (χ4n) is 4.89. The number of rotatable bonds is 7. The lowest BCUT2D eigenvalue weighted by molar-refractivity contribution is 0.0801. The number of H-pyrrole nitrogens is 2. The van der Waals surface area contributed by atoms with Crippen LogP contribution in [0.4, 0.5) is 11.6 Å². The number of aryl methyl sites for hydroxylation is 1. The van der Waals surface area contributed by atoms with E-state index in [1.165, 1.54) is 0 Å². The maximum atomic E-state index is 10.3. The van der Waals surface area contributed by atoms with Crippen LogP contribution in [-0.4, -0.2) is 46.9 Å². The number of aliphatic hydroxyl groups is 1. The van der Waals surface area contributed by atoms with Crippen molar-refractivity contribution in [2.45, 2.75) is 64.6 Å². The van der Waals surface area contributed by atoms with E-state index in [0.29, 0.717) is 41.2 Å². The van der Waals surface area contributed by atoms with Gasteiger partial charge in [-0.05, 0) is 57.2 Å². The Morgan fingerprint density at radius 2 is 2.03 bits per heavy atom. The number of aromatic amines is 2. The number of oxazole rings is 1. The molecule has 4 heterocycles. The molecule has 1 fully saturated rings. The molecule has 0 bridgehead atoms. The number of anilines is 2. The van der Waals surface area contributed by atoms with Crippen LogP contribution in [0.3, 0.4) is 0 Å². The fourth-order valence-corrected chi connectivity index (χ4v) is 5.10. The van der Waals surface area contributed by atoms with Crippen LogP contribution in [0.5, 0.6) is 5.88 Å². The molecule has 0 saturated heterocycles. The zero-order chi connectivity index (χ0) is 25.7. The van der Waals surface area contributed by atoms with E-state index in [4.69, 9.17) is 30.7 Å². The van der Waals surface area contributed by atoms with Crippen LogP contribution in [0.1, 0.15) is 51.1 Å². The molecule has 0 radical (unpaired) electrons. The Balaban J connectivity index is 1.43. The first-order valence-corrected chi connectivity index (χ1v) is 12.8. The van der Waals surface area contributed by atoms with Crippen LogP contribution in [0, 0.1) is 6.92 Å². The van der Waals surface area contributed by atoms with Crippen molar-refractivity contribution in [3.8, 4) is 17.0 Å². The van der Waals surface area contributed by atoms with E-state index >= 15 is 0 Å². The molecule has 192 valence electrons. The average molecular weight is 522 g/mol. The molecular formula is C26H28ClN7O3. The molecule has 0 amide bonds. The largest absolute Gasteiger partial charge is 0.474 e. The molecular weight excluding hydrogens is 494 g/mol. The zero-order valence-corrected chi connectivity index (χ0v) is 21.6. The quantitative estimate of drug-likeness (QED) is 0.210. The summed E-state index contributed by atoms with van der Waals surface area (Å²) in [6.07, 6.45) is 6.56. The van der Waals surface area contributed by atoms with Gasteiger partial charge in [-0.2, -0.15) is 15.1 Å². The number of halogens is 1. The third-order valence-electron chi connectivity index (χ3n) is 6.53. The van der Waals surface area contributed by atoms with Gasteiger partial charge in [-0.3, -0.25) is 5.10 Å². The molecule has 4 N–H and O–H groups in total. The fraction of sp³-hybridized carbons (Fsp3) is 0.385. The molecule has 11 heteroatoms. The lowest BCUT2D eigenvalue weighted by atomic mass is 10.0. The van der Waals surface area contributed by atoms with Crippen LogP contribution in [0.25, 0.3) is 33.3 Å². The lowest BCUT2D eigenvalue weighted by Crippen LogP contribution is -2.22. The number of benzene rings is 1. The first-order valence-electron chi connectivity index (χ1n) is 12.4. The van der Waals surface area contributed by atoms with Crippen LogP contribution in [-0.2, 0) is 6.42 Å². The summed E-state index contributed by atoms with van der Waals surface area (Å²) in [5.41, 5.74) is 4.23. The monoisotopic (exact) mass is 521 g/mol. The van der Waals surface area contributed by atoms with E-state index in [1.807, 2.05) is 31.3 Å². The summed E-state index contributed by atoms with van der Waals surface area (Å²) in [5.74, 6) is 1.43. The summed E-state index contributed by atoms with van der Waals surface area (Å²) in [6, 6.07) is 5.92. The maximum Gasteiger partial charge on any atom is 0.232 e. The van der Waals surface area contributed by atoms with Crippen LogP contribution >= 0.6 is 11.6 Å². The molecule has 5 aromatic rings. The number of fused-ring (bicyclic) bond motifs is 2. The topological polar surface area (TPSA) is 138 Å². The standard InChI is InChI=1S/C26H28ClN7O3/c1-13-29-17-9-8-14(10-19(17)36-13)16-12-28-23-20(16)24(37-15-6-4-5-7-15)32-25(31-23)30-21-18(11-26(2,3)35)33-34-22(21)27/h8-10,12,15,35H,4-7,11H2,1-3H3,(H,33,34)(H2,28,30,31,32). The van der Waals surface area contributed by atoms with Crippen molar-refractivity contribution in [2.75, 3.05) is 5.32 Å². The third-order valence-corrected chi connectivity index (χ3v) is 6.80. The maximum absolute atomic E-state index is 10.3. The Morgan fingerprint density at radius 1 is 1.22 bits per heavy atom. The highest BCUT2D eigenvalue weighted by atomic mass is 35.5. The van der Waals surface area contributed by atoms with E-state index in [0.717, 1.165) is 53.3 Å². The minimum absolute atomic E-state index is 0.0939. The second-order valence-corrected chi connectivity index (χ2v) is 10.6. The minimum Gasteiger partial charge on any atom is -0.474 e. The molecule has 1 aliphatic carbocycles. The van der Waals surface area contributed by atoms with E-state index in [1.54, 1.807) is 13.8 Å². The van der Waals surface area contributed by atoms with Gasteiger partial charge in [0, 0.05) is 25.1 Å². The highest BCUT2D eigenvalue weighted by Gasteiger charge is 2.25. The Kier molecular flexibility index (Phi) is 5.80. The minimum atomic E-state index is -0.953. The Morgan fingerprint density at radius 3 is 2.81 bits per heavy atom. The summed E-state index contributed by atoms with van der Waals surface area (Å²) < 4.78 is 12.2. The van der Waals surface area contributed by atoms with Gasteiger partial charge in [-0.25, -0.2) is 4.98 Å². The summed E-state index contributed by atoms with van der Waals surface area (Å²) in [5, 5.41) is 21.5. The molecule has 0 atom stereocenters. The van der Waals surface area contributed by atoms with Crippen molar-refractivity contribution >= 4 is 45.4 Å². The van der Waals surface area contributed by atoms with E-state index in [-0.39, 0.29) is 11.3 Å². The Bertz CT molecular complexity index is 1590. The van der Waals surface area contributed by atoms with Crippen molar-refractivity contribution < 1.29 is 14.3 Å². The van der Waals surface area contributed by atoms with Gasteiger partial charge in [0.1, 0.15) is 23.0 Å². The molecule has 4 aromatic heterocycles. The van der Waals surface area contributed by atoms with E-state index < -0.39 is 5.60 Å². The smallest absolute Gasteiger partial charge is 0.232 e. The van der Waals surface area contributed by atoms with Gasteiger partial charge in [0.15, 0.2) is 16.6 Å². The zero-order valence-electron chi connectivity index (χ0n) is 20.9. The number of nitrogens with zero attached hydrogens (tertiary/aromatic N) is 4. The van der Waals surface area contributed by atoms with Crippen LogP contribution in [0.2, 0.25) is 5.15 Å². The molecule has 0 aliphatic heterocycles. The first kappa shape index (κ1) is 23.7. The number of ether oxygens (including phenoxy) is 1. The van der Waals surface area contributed by atoms with Crippen molar-refractivity contribution in [2.24, 2.45) is 0 Å². The summed E-state index contributed by atoms with van der Waals surface area (Å²) in [4.78, 5) is 17.2. The Hall–Kier alpha value is -3.63. The second-order valence-electron chi connectivity index (χ2n) is 10.2. The van der Waals surface area contributed by atoms with Gasteiger partial charge < -0.3 is 24.6 Å². The predicted molar refractivity (Wildman–Crippen MR) is 141 cm³/mol. The van der Waals surface area contributed by atoms with Crippen LogP contribution < -0.4 is 10.1 Å². The summed E-state index contributed by atoms with van der Waals surface area (Å²) in [7, 11) is 0. The van der Waals surface area contributed by atoms with Gasteiger partial charge in [-0.15, -0.1) is 0 Å². The van der Waals surface area contributed by atoms with Gasteiger partial charge >= 0.3 is 0 Å². The summed E-state index contributed by atoms with van der Waals surface area (Å²) >= 11 is 6.36. The average Bonchev–Trinajstić information content (AvgIpc) is 3.62. The van der Waals surface area contributed by atoms with E-state index in [9.17, 15) is 5.11 Å². The molecule has 37 heavy (non-hydrogen) atoms. The summed E-state index contributed by atoms with van der Waals surface area (Å²) in [6.45, 7) is 5.28. The van der Waals surface area contributed by atoms with Crippen molar-refractivity contribution in [1.82, 2.24) is 30.1 Å². The van der Waals surface area contributed by atoms with Crippen molar-refractivity contribution in [3.05, 3.63) is 41.1 Å². The van der Waals surface area contributed by atoms with Crippen LogP contribution in [0.15, 0.2) is 28.8 Å². The predicted octanol–water partition coefficient (Wildman–Crippen LogP) is 5.83. The number of aromatic nitrogens is 6.